The highest BCUT2D eigenvalue weighted by atomic mass is 19.4. The van der Waals surface area contributed by atoms with Crippen LogP contribution in [-0.2, 0) is 6.18 Å². The summed E-state index contributed by atoms with van der Waals surface area (Å²) in [6.45, 7) is 0.0989. The predicted octanol–water partition coefficient (Wildman–Crippen LogP) is 3.14. The average molecular weight is 307 g/mol. The molecule has 0 bridgehead atoms. The van der Waals surface area contributed by atoms with Crippen LogP contribution in [-0.4, -0.2) is 21.4 Å². The van der Waals surface area contributed by atoms with Crippen LogP contribution in [0.1, 0.15) is 5.69 Å². The van der Waals surface area contributed by atoms with E-state index in [1.165, 1.54) is 12.3 Å². The van der Waals surface area contributed by atoms with Crippen LogP contribution < -0.4 is 9.47 Å². The van der Waals surface area contributed by atoms with E-state index in [1.54, 1.807) is 18.2 Å². The predicted molar refractivity (Wildman–Crippen MR) is 69.5 cm³/mol. The largest absolute Gasteiger partial charge is 0.454 e. The zero-order chi connectivity index (χ0) is 15.3. The quantitative estimate of drug-likeness (QED) is 0.693. The molecule has 0 aliphatic carbocycles. The number of fused-ring (bicyclic) bond motifs is 2. The molecule has 8 heteroatoms. The minimum Gasteiger partial charge on any atom is -0.454 e. The van der Waals surface area contributed by atoms with Gasteiger partial charge < -0.3 is 9.47 Å². The number of nitrogens with zero attached hydrogens (tertiary/aromatic N) is 3. The van der Waals surface area contributed by atoms with Gasteiger partial charge in [0.15, 0.2) is 22.8 Å². The third-order valence-electron chi connectivity index (χ3n) is 3.32. The van der Waals surface area contributed by atoms with Crippen molar-refractivity contribution in [2.75, 3.05) is 6.79 Å². The first kappa shape index (κ1) is 12.9. The molecule has 4 rings (SSSR count). The lowest BCUT2D eigenvalue weighted by Gasteiger charge is -2.11. The Bertz CT molecular complexity index is 873. The lowest BCUT2D eigenvalue weighted by atomic mass is 10.1. The van der Waals surface area contributed by atoms with Gasteiger partial charge in [-0.1, -0.05) is 0 Å². The molecule has 22 heavy (non-hydrogen) atoms. The maximum absolute atomic E-state index is 13.2. The topological polar surface area (TPSA) is 48.7 Å². The first-order valence-electron chi connectivity index (χ1n) is 6.34. The molecule has 0 spiro atoms. The second-order valence-electron chi connectivity index (χ2n) is 4.69. The Morgan fingerprint density at radius 2 is 1.86 bits per heavy atom. The van der Waals surface area contributed by atoms with Crippen molar-refractivity contribution in [3.63, 3.8) is 0 Å². The minimum atomic E-state index is -4.53. The fraction of sp³-hybridized carbons (Fsp3) is 0.143. The molecule has 0 radical (unpaired) electrons. The number of benzene rings is 1. The van der Waals surface area contributed by atoms with E-state index in [0.29, 0.717) is 17.1 Å². The molecule has 0 N–H and O–H groups in total. The van der Waals surface area contributed by atoms with Gasteiger partial charge >= 0.3 is 6.18 Å². The summed E-state index contributed by atoms with van der Waals surface area (Å²) < 4.78 is 50.7. The van der Waals surface area contributed by atoms with Crippen molar-refractivity contribution >= 4 is 5.65 Å². The summed E-state index contributed by atoms with van der Waals surface area (Å²) in [5.41, 5.74) is -0.0465. The van der Waals surface area contributed by atoms with E-state index in [2.05, 4.69) is 10.1 Å². The van der Waals surface area contributed by atoms with E-state index in [-0.39, 0.29) is 18.1 Å². The smallest absolute Gasteiger partial charge is 0.433 e. The van der Waals surface area contributed by atoms with Crippen molar-refractivity contribution < 1.29 is 22.6 Å². The number of ether oxygens (including phenoxy) is 2. The summed E-state index contributed by atoms with van der Waals surface area (Å²) in [7, 11) is 0. The highest BCUT2D eigenvalue weighted by Crippen LogP contribution is 2.37. The monoisotopic (exact) mass is 307 g/mol. The summed E-state index contributed by atoms with van der Waals surface area (Å²) in [6, 6.07) is 7.29. The Labute approximate surface area is 121 Å². The van der Waals surface area contributed by atoms with E-state index in [9.17, 15) is 13.2 Å². The average Bonchev–Trinajstić information content (AvgIpc) is 3.12. The standard InChI is InChI=1S/C14H8F3N3O2/c15-14(16,17)12-6-9(19-13-3-4-18-20(12)13)8-1-2-10-11(5-8)22-7-21-10/h1-6H,7H2. The first-order valence-corrected chi connectivity index (χ1v) is 6.34. The molecule has 112 valence electrons. The van der Waals surface area contributed by atoms with Crippen LogP contribution in [0.15, 0.2) is 36.5 Å². The number of halogens is 3. The maximum atomic E-state index is 13.2. The minimum absolute atomic E-state index is 0.0989. The molecule has 1 aromatic carbocycles. The second kappa shape index (κ2) is 4.36. The van der Waals surface area contributed by atoms with Gasteiger partial charge in [0.1, 0.15) is 0 Å². The number of hydrogen-bond acceptors (Lipinski definition) is 4. The number of alkyl halides is 3. The van der Waals surface area contributed by atoms with Crippen LogP contribution in [0.2, 0.25) is 0 Å². The molecule has 5 nitrogen and oxygen atoms in total. The third-order valence-corrected chi connectivity index (χ3v) is 3.32. The Balaban J connectivity index is 1.92. The van der Waals surface area contributed by atoms with Gasteiger partial charge in [-0.15, -0.1) is 0 Å². The van der Waals surface area contributed by atoms with Crippen LogP contribution in [0, 0.1) is 0 Å². The molecule has 0 saturated carbocycles. The van der Waals surface area contributed by atoms with Crippen LogP contribution in [0.4, 0.5) is 13.2 Å². The highest BCUT2D eigenvalue weighted by Gasteiger charge is 2.35. The van der Waals surface area contributed by atoms with Gasteiger partial charge in [-0.2, -0.15) is 18.3 Å². The lowest BCUT2D eigenvalue weighted by Crippen LogP contribution is -2.13. The molecular weight excluding hydrogens is 299 g/mol. The van der Waals surface area contributed by atoms with E-state index < -0.39 is 11.9 Å². The lowest BCUT2D eigenvalue weighted by molar-refractivity contribution is -0.142. The SMILES string of the molecule is FC(F)(F)c1cc(-c2ccc3c(c2)OCO3)nc2ccnn12. The highest BCUT2D eigenvalue weighted by molar-refractivity contribution is 5.66. The van der Waals surface area contributed by atoms with Crippen molar-refractivity contribution in [2.45, 2.75) is 6.18 Å². The summed E-state index contributed by atoms with van der Waals surface area (Å²) in [6.07, 6.45) is -3.25. The Morgan fingerprint density at radius 3 is 2.68 bits per heavy atom. The fourth-order valence-corrected chi connectivity index (χ4v) is 2.32. The normalized spacial score (nSPS) is 13.8. The van der Waals surface area contributed by atoms with Crippen LogP contribution in [0.3, 0.4) is 0 Å². The van der Waals surface area contributed by atoms with Gasteiger partial charge in [-0.05, 0) is 24.3 Å². The van der Waals surface area contributed by atoms with Crippen molar-refractivity contribution in [2.24, 2.45) is 0 Å². The molecule has 3 heterocycles. The maximum Gasteiger partial charge on any atom is 0.433 e. The molecule has 0 amide bonds. The zero-order valence-electron chi connectivity index (χ0n) is 11.0. The van der Waals surface area contributed by atoms with Crippen LogP contribution >= 0.6 is 0 Å². The Kier molecular flexibility index (Phi) is 2.56. The van der Waals surface area contributed by atoms with Crippen LogP contribution in [0.25, 0.3) is 16.9 Å². The Morgan fingerprint density at radius 1 is 1.05 bits per heavy atom. The van der Waals surface area contributed by atoms with Crippen molar-refractivity contribution in [1.82, 2.24) is 14.6 Å². The number of rotatable bonds is 1. The van der Waals surface area contributed by atoms with Gasteiger partial charge in [-0.25, -0.2) is 9.50 Å². The number of aromatic nitrogens is 3. The molecule has 0 saturated heterocycles. The molecular formula is C14H8F3N3O2. The molecule has 0 atom stereocenters. The van der Waals surface area contributed by atoms with Crippen molar-refractivity contribution in [3.05, 3.63) is 42.2 Å². The molecule has 0 fully saturated rings. The Hall–Kier alpha value is -2.77. The molecule has 2 aromatic heterocycles. The second-order valence-corrected chi connectivity index (χ2v) is 4.69. The molecule has 3 aromatic rings. The molecule has 0 unspecified atom stereocenters. The van der Waals surface area contributed by atoms with Gasteiger partial charge in [0, 0.05) is 11.6 Å². The van der Waals surface area contributed by atoms with E-state index in [1.807, 2.05) is 0 Å². The van der Waals surface area contributed by atoms with Crippen molar-refractivity contribution in [1.29, 1.82) is 0 Å². The van der Waals surface area contributed by atoms with Crippen LogP contribution in [0.5, 0.6) is 11.5 Å². The van der Waals surface area contributed by atoms with E-state index in [0.717, 1.165) is 10.6 Å². The summed E-state index contributed by atoms with van der Waals surface area (Å²) in [4.78, 5) is 4.21. The van der Waals surface area contributed by atoms with E-state index in [4.69, 9.17) is 9.47 Å². The molecule has 1 aliphatic rings. The molecule has 1 aliphatic heterocycles. The van der Waals surface area contributed by atoms with Gasteiger partial charge in [-0.3, -0.25) is 0 Å². The third kappa shape index (κ3) is 1.95. The van der Waals surface area contributed by atoms with Gasteiger partial charge in [0.05, 0.1) is 11.9 Å². The summed E-state index contributed by atoms with van der Waals surface area (Å²) in [5.74, 6) is 1.05. The summed E-state index contributed by atoms with van der Waals surface area (Å²) in [5, 5.41) is 3.67. The first-order chi connectivity index (χ1) is 10.5. The summed E-state index contributed by atoms with van der Waals surface area (Å²) >= 11 is 0. The van der Waals surface area contributed by atoms with Crippen molar-refractivity contribution in [3.8, 4) is 22.8 Å². The zero-order valence-corrected chi connectivity index (χ0v) is 11.0. The fourth-order valence-electron chi connectivity index (χ4n) is 2.32. The van der Waals surface area contributed by atoms with E-state index >= 15 is 0 Å². The number of hydrogen-bond donors (Lipinski definition) is 0. The van der Waals surface area contributed by atoms with Gasteiger partial charge in [0.2, 0.25) is 6.79 Å². The van der Waals surface area contributed by atoms with Gasteiger partial charge in [0.25, 0.3) is 0 Å².